The zero-order valence-electron chi connectivity index (χ0n) is 9.19. The lowest BCUT2D eigenvalue weighted by Gasteiger charge is -2.32. The minimum Gasteiger partial charge on any atom is -0.353 e. The smallest absolute Gasteiger partial charge is 0.128 e. The number of hydrogen-bond donors (Lipinski definition) is 1. The maximum atomic E-state index is 5.86. The molecule has 3 heterocycles. The van der Waals surface area contributed by atoms with E-state index in [1.54, 1.807) is 6.20 Å². The number of aromatic nitrogens is 1. The second-order valence-corrected chi connectivity index (χ2v) is 5.07. The van der Waals surface area contributed by atoms with Crippen LogP contribution in [0.25, 0.3) is 0 Å². The highest BCUT2D eigenvalue weighted by Crippen LogP contribution is 2.32. The van der Waals surface area contributed by atoms with Crippen molar-refractivity contribution in [3.63, 3.8) is 0 Å². The van der Waals surface area contributed by atoms with E-state index in [1.165, 1.54) is 12.8 Å². The number of pyridine rings is 1. The summed E-state index contributed by atoms with van der Waals surface area (Å²) >= 11 is 5.86. The van der Waals surface area contributed by atoms with Gasteiger partial charge in [-0.05, 0) is 44.0 Å². The van der Waals surface area contributed by atoms with Gasteiger partial charge in [-0.25, -0.2) is 4.98 Å². The lowest BCUT2D eigenvalue weighted by molar-refractivity contribution is 0.360. The first-order valence-electron chi connectivity index (χ1n) is 5.93. The number of piperidine rings is 1. The number of nitrogens with zero attached hydrogens (tertiary/aromatic N) is 2. The Kier molecular flexibility index (Phi) is 2.74. The monoisotopic (exact) mass is 237 g/mol. The number of fused-ring (bicyclic) bond motifs is 1. The predicted octanol–water partition coefficient (Wildman–Crippen LogP) is 1.92. The van der Waals surface area contributed by atoms with Crippen LogP contribution in [0.15, 0.2) is 18.3 Å². The van der Waals surface area contributed by atoms with E-state index >= 15 is 0 Å². The summed E-state index contributed by atoms with van der Waals surface area (Å²) in [5.41, 5.74) is 0. The molecule has 0 saturated carbocycles. The molecule has 4 heteroatoms. The summed E-state index contributed by atoms with van der Waals surface area (Å²) in [5.74, 6) is 1.88. The minimum atomic E-state index is 0.676. The van der Waals surface area contributed by atoms with E-state index in [1.807, 2.05) is 12.1 Å². The molecule has 2 fully saturated rings. The van der Waals surface area contributed by atoms with E-state index in [2.05, 4.69) is 15.2 Å². The first-order valence-corrected chi connectivity index (χ1v) is 6.31. The molecule has 16 heavy (non-hydrogen) atoms. The first kappa shape index (κ1) is 10.4. The SMILES string of the molecule is Clc1ccc(N2CC[C@H]3CNCC[C@H]32)nc1. The van der Waals surface area contributed by atoms with E-state index in [4.69, 9.17) is 11.6 Å². The Morgan fingerprint density at radius 2 is 2.31 bits per heavy atom. The third-order valence-electron chi connectivity index (χ3n) is 3.71. The molecule has 3 nitrogen and oxygen atoms in total. The molecule has 1 aromatic rings. The van der Waals surface area contributed by atoms with E-state index in [0.29, 0.717) is 11.1 Å². The highest BCUT2D eigenvalue weighted by atomic mass is 35.5. The van der Waals surface area contributed by atoms with E-state index in [0.717, 1.165) is 31.4 Å². The fraction of sp³-hybridized carbons (Fsp3) is 0.583. The molecular formula is C12H16ClN3. The van der Waals surface area contributed by atoms with E-state index in [9.17, 15) is 0 Å². The van der Waals surface area contributed by atoms with Crippen molar-refractivity contribution in [2.75, 3.05) is 24.5 Å². The Hall–Kier alpha value is -0.800. The van der Waals surface area contributed by atoms with E-state index < -0.39 is 0 Å². The zero-order chi connectivity index (χ0) is 11.0. The molecule has 2 atom stereocenters. The average Bonchev–Trinajstić information content (AvgIpc) is 2.74. The van der Waals surface area contributed by atoms with Crippen LogP contribution in [0.2, 0.25) is 5.02 Å². The number of nitrogens with one attached hydrogen (secondary N) is 1. The number of halogens is 1. The van der Waals surface area contributed by atoms with Gasteiger partial charge in [0.25, 0.3) is 0 Å². The predicted molar refractivity (Wildman–Crippen MR) is 66.0 cm³/mol. The summed E-state index contributed by atoms with van der Waals surface area (Å²) in [6, 6.07) is 4.64. The van der Waals surface area contributed by atoms with Crippen molar-refractivity contribution in [2.45, 2.75) is 18.9 Å². The molecule has 86 valence electrons. The van der Waals surface area contributed by atoms with Crippen molar-refractivity contribution < 1.29 is 0 Å². The second-order valence-electron chi connectivity index (χ2n) is 4.64. The van der Waals surface area contributed by atoms with E-state index in [-0.39, 0.29) is 0 Å². The number of rotatable bonds is 1. The summed E-state index contributed by atoms with van der Waals surface area (Å²) in [6.45, 7) is 3.42. The van der Waals surface area contributed by atoms with Crippen LogP contribution in [-0.4, -0.2) is 30.7 Å². The van der Waals surface area contributed by atoms with Gasteiger partial charge in [0.15, 0.2) is 0 Å². The molecule has 0 radical (unpaired) electrons. The number of hydrogen-bond acceptors (Lipinski definition) is 3. The van der Waals surface area contributed by atoms with Crippen LogP contribution in [0.5, 0.6) is 0 Å². The molecule has 2 saturated heterocycles. The Balaban J connectivity index is 1.82. The summed E-state index contributed by atoms with van der Waals surface area (Å²) in [6.07, 6.45) is 4.25. The van der Waals surface area contributed by atoms with Crippen molar-refractivity contribution in [3.8, 4) is 0 Å². The van der Waals surface area contributed by atoms with Crippen LogP contribution < -0.4 is 10.2 Å². The molecule has 2 aliphatic rings. The van der Waals surface area contributed by atoms with Crippen molar-refractivity contribution >= 4 is 17.4 Å². The third-order valence-corrected chi connectivity index (χ3v) is 3.94. The normalized spacial score (nSPS) is 29.2. The minimum absolute atomic E-state index is 0.676. The van der Waals surface area contributed by atoms with Gasteiger partial charge >= 0.3 is 0 Å². The topological polar surface area (TPSA) is 28.2 Å². The Morgan fingerprint density at radius 3 is 3.12 bits per heavy atom. The van der Waals surface area contributed by atoms with Gasteiger partial charge in [-0.2, -0.15) is 0 Å². The molecule has 0 unspecified atom stereocenters. The van der Waals surface area contributed by atoms with Gasteiger partial charge in [-0.3, -0.25) is 0 Å². The summed E-state index contributed by atoms with van der Waals surface area (Å²) in [5, 5.41) is 4.18. The molecule has 0 spiro atoms. The maximum Gasteiger partial charge on any atom is 0.128 e. The molecule has 0 bridgehead atoms. The fourth-order valence-corrected chi connectivity index (χ4v) is 3.02. The highest BCUT2D eigenvalue weighted by Gasteiger charge is 2.36. The van der Waals surface area contributed by atoms with Crippen molar-refractivity contribution in [1.29, 1.82) is 0 Å². The van der Waals surface area contributed by atoms with Gasteiger partial charge in [-0.15, -0.1) is 0 Å². The molecule has 1 aromatic heterocycles. The first-order chi connectivity index (χ1) is 7.84. The van der Waals surface area contributed by atoms with Crippen LogP contribution in [0, 0.1) is 5.92 Å². The molecule has 2 aliphatic heterocycles. The Bertz CT molecular complexity index is 365. The molecule has 0 aliphatic carbocycles. The lowest BCUT2D eigenvalue weighted by atomic mass is 9.94. The van der Waals surface area contributed by atoms with Crippen molar-refractivity contribution in [1.82, 2.24) is 10.3 Å². The summed E-state index contributed by atoms with van der Waals surface area (Å²) in [4.78, 5) is 6.87. The maximum absolute atomic E-state index is 5.86. The fourth-order valence-electron chi connectivity index (χ4n) is 2.91. The molecule has 1 N–H and O–H groups in total. The standard InChI is InChI=1S/C12H16ClN3/c13-10-1-2-12(15-8-10)16-6-4-9-7-14-5-3-11(9)16/h1-2,8-9,11,14H,3-7H2/t9-,11+/m0/s1. The average molecular weight is 238 g/mol. The molecule has 3 rings (SSSR count). The van der Waals surface area contributed by atoms with Crippen molar-refractivity contribution in [2.24, 2.45) is 5.92 Å². The summed E-state index contributed by atoms with van der Waals surface area (Å²) < 4.78 is 0. The number of anilines is 1. The lowest BCUT2D eigenvalue weighted by Crippen LogP contribution is -2.43. The van der Waals surface area contributed by atoms with Gasteiger partial charge in [0, 0.05) is 18.8 Å². The van der Waals surface area contributed by atoms with Gasteiger partial charge < -0.3 is 10.2 Å². The summed E-state index contributed by atoms with van der Waals surface area (Å²) in [7, 11) is 0. The van der Waals surface area contributed by atoms with Gasteiger partial charge in [0.1, 0.15) is 5.82 Å². The zero-order valence-corrected chi connectivity index (χ0v) is 9.95. The Labute approximate surface area is 101 Å². The van der Waals surface area contributed by atoms with Gasteiger partial charge in [0.05, 0.1) is 5.02 Å². The third kappa shape index (κ3) is 1.78. The molecule has 0 aromatic carbocycles. The van der Waals surface area contributed by atoms with Crippen LogP contribution >= 0.6 is 11.6 Å². The second kappa shape index (κ2) is 4.22. The van der Waals surface area contributed by atoms with Crippen LogP contribution in [0.4, 0.5) is 5.82 Å². The Morgan fingerprint density at radius 1 is 1.38 bits per heavy atom. The van der Waals surface area contributed by atoms with Crippen LogP contribution in [-0.2, 0) is 0 Å². The molecular weight excluding hydrogens is 222 g/mol. The van der Waals surface area contributed by atoms with Crippen molar-refractivity contribution in [3.05, 3.63) is 23.4 Å². The quantitative estimate of drug-likeness (QED) is 0.809. The largest absolute Gasteiger partial charge is 0.353 e. The highest BCUT2D eigenvalue weighted by molar-refractivity contribution is 6.30. The van der Waals surface area contributed by atoms with Gasteiger partial charge in [0.2, 0.25) is 0 Å². The molecule has 0 amide bonds. The van der Waals surface area contributed by atoms with Gasteiger partial charge in [-0.1, -0.05) is 11.6 Å². The van der Waals surface area contributed by atoms with Crippen LogP contribution in [0.1, 0.15) is 12.8 Å². The van der Waals surface area contributed by atoms with Crippen LogP contribution in [0.3, 0.4) is 0 Å².